The average Bonchev–Trinajstić information content (AvgIpc) is 3.06. The highest BCUT2D eigenvalue weighted by Crippen LogP contribution is 2.24. The first-order valence-corrected chi connectivity index (χ1v) is 8.91. The van der Waals surface area contributed by atoms with Crippen molar-refractivity contribution < 1.29 is 9.53 Å². The summed E-state index contributed by atoms with van der Waals surface area (Å²) < 4.78 is 7.35. The molecule has 5 nitrogen and oxygen atoms in total. The van der Waals surface area contributed by atoms with Crippen LogP contribution in [-0.2, 0) is 12.8 Å². The molecule has 0 aliphatic carbocycles. The summed E-state index contributed by atoms with van der Waals surface area (Å²) in [5, 5.41) is 7.16. The maximum atomic E-state index is 12.3. The van der Waals surface area contributed by atoms with Gasteiger partial charge in [-0.2, -0.15) is 5.10 Å². The number of aryl methyl sites for hydroxylation is 1. The summed E-state index contributed by atoms with van der Waals surface area (Å²) in [6.07, 6.45) is 3.73. The van der Waals surface area contributed by atoms with Gasteiger partial charge in [0.05, 0.1) is 17.6 Å². The number of aromatic nitrogens is 2. The standard InChI is InChI=1S/C21H23N3O2/c1-3-8-19-20(15-22-24(19)18-9-6-5-7-10-18)26-21(25)23-17-13-11-16(4-2)12-14-17/h5-7,9-15H,3-4,8H2,1-2H3,(H,23,25). The molecule has 3 rings (SSSR count). The van der Waals surface area contributed by atoms with Gasteiger partial charge in [0.15, 0.2) is 5.75 Å². The molecule has 26 heavy (non-hydrogen) atoms. The lowest BCUT2D eigenvalue weighted by molar-refractivity contribution is 0.214. The average molecular weight is 349 g/mol. The number of carbonyl (C=O) groups is 1. The zero-order chi connectivity index (χ0) is 18.4. The Kier molecular flexibility index (Phi) is 5.69. The van der Waals surface area contributed by atoms with E-state index in [1.807, 2.05) is 59.3 Å². The number of rotatable bonds is 6. The van der Waals surface area contributed by atoms with Crippen LogP contribution in [0.15, 0.2) is 60.8 Å². The smallest absolute Gasteiger partial charge is 0.406 e. The number of nitrogens with one attached hydrogen (secondary N) is 1. The maximum absolute atomic E-state index is 12.3. The van der Waals surface area contributed by atoms with Gasteiger partial charge in [0.1, 0.15) is 0 Å². The Morgan fingerprint density at radius 2 is 1.81 bits per heavy atom. The van der Waals surface area contributed by atoms with E-state index in [4.69, 9.17) is 4.74 Å². The highest BCUT2D eigenvalue weighted by Gasteiger charge is 2.16. The van der Waals surface area contributed by atoms with Crippen molar-refractivity contribution in [3.63, 3.8) is 0 Å². The molecule has 0 saturated heterocycles. The van der Waals surface area contributed by atoms with Gasteiger partial charge in [-0.05, 0) is 42.7 Å². The van der Waals surface area contributed by atoms with E-state index in [0.29, 0.717) is 11.4 Å². The van der Waals surface area contributed by atoms with Gasteiger partial charge in [-0.25, -0.2) is 9.48 Å². The Morgan fingerprint density at radius 3 is 2.46 bits per heavy atom. The second-order valence-electron chi connectivity index (χ2n) is 6.02. The molecular formula is C21H23N3O2. The van der Waals surface area contributed by atoms with Crippen LogP contribution in [-0.4, -0.2) is 15.9 Å². The number of ether oxygens (including phenoxy) is 1. The quantitative estimate of drug-likeness (QED) is 0.681. The van der Waals surface area contributed by atoms with Gasteiger partial charge in [0, 0.05) is 5.69 Å². The second-order valence-corrected chi connectivity index (χ2v) is 6.02. The summed E-state index contributed by atoms with van der Waals surface area (Å²) in [6, 6.07) is 17.6. The molecule has 0 saturated carbocycles. The summed E-state index contributed by atoms with van der Waals surface area (Å²) in [7, 11) is 0. The van der Waals surface area contributed by atoms with Crippen LogP contribution in [0.4, 0.5) is 10.5 Å². The van der Waals surface area contributed by atoms with Crippen molar-refractivity contribution in [2.45, 2.75) is 33.1 Å². The van der Waals surface area contributed by atoms with Gasteiger partial charge in [-0.15, -0.1) is 0 Å². The number of hydrogen-bond acceptors (Lipinski definition) is 3. The molecule has 1 aromatic heterocycles. The molecule has 5 heteroatoms. The minimum absolute atomic E-state index is 0.485. The summed E-state index contributed by atoms with van der Waals surface area (Å²) >= 11 is 0. The van der Waals surface area contributed by atoms with Gasteiger partial charge in [-0.1, -0.05) is 50.6 Å². The molecule has 2 aromatic carbocycles. The van der Waals surface area contributed by atoms with Crippen LogP contribution in [0.1, 0.15) is 31.5 Å². The topological polar surface area (TPSA) is 56.1 Å². The van der Waals surface area contributed by atoms with E-state index in [-0.39, 0.29) is 0 Å². The predicted octanol–water partition coefficient (Wildman–Crippen LogP) is 5.00. The number of benzene rings is 2. The number of amides is 1. The SMILES string of the molecule is CCCc1c(OC(=O)Nc2ccc(CC)cc2)cnn1-c1ccccc1. The van der Waals surface area contributed by atoms with Gasteiger partial charge >= 0.3 is 6.09 Å². The molecule has 1 amide bonds. The van der Waals surface area contributed by atoms with E-state index >= 15 is 0 Å². The van der Waals surface area contributed by atoms with E-state index in [2.05, 4.69) is 24.3 Å². The molecular weight excluding hydrogens is 326 g/mol. The van der Waals surface area contributed by atoms with Crippen LogP contribution >= 0.6 is 0 Å². The summed E-state index contributed by atoms with van der Waals surface area (Å²) in [5.74, 6) is 0.485. The van der Waals surface area contributed by atoms with Gasteiger partial charge < -0.3 is 4.74 Å². The molecule has 0 bridgehead atoms. The van der Waals surface area contributed by atoms with Crippen molar-refractivity contribution in [2.75, 3.05) is 5.32 Å². The zero-order valence-corrected chi connectivity index (χ0v) is 15.1. The fraction of sp³-hybridized carbons (Fsp3) is 0.238. The molecule has 134 valence electrons. The zero-order valence-electron chi connectivity index (χ0n) is 15.1. The molecule has 1 heterocycles. The van der Waals surface area contributed by atoms with Gasteiger partial charge in [-0.3, -0.25) is 5.32 Å². The molecule has 0 aliphatic heterocycles. The Labute approximate surface area is 153 Å². The third-order valence-electron chi connectivity index (χ3n) is 4.13. The molecule has 0 spiro atoms. The molecule has 0 unspecified atom stereocenters. The highest BCUT2D eigenvalue weighted by atomic mass is 16.6. The van der Waals surface area contributed by atoms with Crippen LogP contribution in [0.3, 0.4) is 0 Å². The highest BCUT2D eigenvalue weighted by molar-refractivity contribution is 5.86. The van der Waals surface area contributed by atoms with Crippen LogP contribution in [0, 0.1) is 0 Å². The first-order chi connectivity index (χ1) is 12.7. The fourth-order valence-corrected chi connectivity index (χ4v) is 2.77. The molecule has 0 fully saturated rings. The lowest BCUT2D eigenvalue weighted by atomic mass is 10.1. The molecule has 0 radical (unpaired) electrons. The van der Waals surface area contributed by atoms with E-state index in [1.165, 1.54) is 5.56 Å². The number of carbonyl (C=O) groups excluding carboxylic acids is 1. The van der Waals surface area contributed by atoms with Crippen LogP contribution in [0.5, 0.6) is 5.75 Å². The third kappa shape index (κ3) is 4.11. The lowest BCUT2D eigenvalue weighted by Crippen LogP contribution is -2.17. The maximum Gasteiger partial charge on any atom is 0.417 e. The van der Waals surface area contributed by atoms with E-state index in [0.717, 1.165) is 30.6 Å². The van der Waals surface area contributed by atoms with Crippen LogP contribution in [0.25, 0.3) is 5.69 Å². The Balaban J connectivity index is 1.76. The fourth-order valence-electron chi connectivity index (χ4n) is 2.77. The predicted molar refractivity (Wildman–Crippen MR) is 103 cm³/mol. The van der Waals surface area contributed by atoms with E-state index < -0.39 is 6.09 Å². The first-order valence-electron chi connectivity index (χ1n) is 8.91. The van der Waals surface area contributed by atoms with Crippen molar-refractivity contribution in [3.8, 4) is 11.4 Å². The monoisotopic (exact) mass is 349 g/mol. The molecule has 0 aliphatic rings. The Hall–Kier alpha value is -3.08. The number of para-hydroxylation sites is 1. The molecule has 1 N–H and O–H groups in total. The molecule has 3 aromatic rings. The van der Waals surface area contributed by atoms with Crippen molar-refractivity contribution >= 4 is 11.8 Å². The largest absolute Gasteiger partial charge is 0.417 e. The number of nitrogens with zero attached hydrogens (tertiary/aromatic N) is 2. The van der Waals surface area contributed by atoms with Crippen molar-refractivity contribution in [1.82, 2.24) is 9.78 Å². The second kappa shape index (κ2) is 8.34. The van der Waals surface area contributed by atoms with Crippen molar-refractivity contribution in [3.05, 3.63) is 72.1 Å². The summed E-state index contributed by atoms with van der Waals surface area (Å²) in [6.45, 7) is 4.18. The number of anilines is 1. The van der Waals surface area contributed by atoms with E-state index in [1.54, 1.807) is 6.20 Å². The number of hydrogen-bond donors (Lipinski definition) is 1. The Bertz CT molecular complexity index is 855. The van der Waals surface area contributed by atoms with Crippen molar-refractivity contribution in [2.24, 2.45) is 0 Å². The van der Waals surface area contributed by atoms with Gasteiger partial charge in [0.2, 0.25) is 0 Å². The van der Waals surface area contributed by atoms with Crippen LogP contribution < -0.4 is 10.1 Å². The Morgan fingerprint density at radius 1 is 1.08 bits per heavy atom. The minimum Gasteiger partial charge on any atom is -0.406 e. The minimum atomic E-state index is -0.515. The third-order valence-corrected chi connectivity index (χ3v) is 4.13. The first kappa shape index (κ1) is 17.7. The van der Waals surface area contributed by atoms with E-state index in [9.17, 15) is 4.79 Å². The van der Waals surface area contributed by atoms with Crippen LogP contribution in [0.2, 0.25) is 0 Å². The van der Waals surface area contributed by atoms with Crippen molar-refractivity contribution in [1.29, 1.82) is 0 Å². The lowest BCUT2D eigenvalue weighted by Gasteiger charge is -2.10. The van der Waals surface area contributed by atoms with Gasteiger partial charge in [0.25, 0.3) is 0 Å². The normalized spacial score (nSPS) is 10.5. The summed E-state index contributed by atoms with van der Waals surface area (Å²) in [4.78, 5) is 12.3. The molecule has 0 atom stereocenters. The summed E-state index contributed by atoms with van der Waals surface area (Å²) in [5.41, 5.74) is 3.76.